The molecule has 0 bridgehead atoms. The predicted molar refractivity (Wildman–Crippen MR) is 77.4 cm³/mol. The third-order valence-electron chi connectivity index (χ3n) is 2.89. The molecular weight excluding hydrogens is 228 g/mol. The molecule has 0 fully saturated rings. The molecule has 0 heterocycles. The lowest BCUT2D eigenvalue weighted by Crippen LogP contribution is -2.40. The van der Waals surface area contributed by atoms with Crippen molar-refractivity contribution in [3.05, 3.63) is 12.3 Å². The standard InChI is InChI=1S/C14H30O2Si/c1-6-9-10-11-13-15-17(5,8-3)16-14(4)12-7-2/h8,14H,3,6-7,9-13H2,1-2,4-5H3. The summed E-state index contributed by atoms with van der Waals surface area (Å²) < 4.78 is 12.0. The second-order valence-electron chi connectivity index (χ2n) is 4.85. The summed E-state index contributed by atoms with van der Waals surface area (Å²) in [6.45, 7) is 13.3. The fourth-order valence-corrected chi connectivity index (χ4v) is 3.56. The van der Waals surface area contributed by atoms with Gasteiger partial charge in [0.1, 0.15) is 0 Å². The quantitative estimate of drug-likeness (QED) is 0.399. The van der Waals surface area contributed by atoms with Gasteiger partial charge in [0.15, 0.2) is 0 Å². The lowest BCUT2D eigenvalue weighted by atomic mass is 10.2. The normalized spacial score (nSPS) is 16.5. The monoisotopic (exact) mass is 258 g/mol. The number of unbranched alkanes of at least 4 members (excludes halogenated alkanes) is 3. The minimum absolute atomic E-state index is 0.283. The van der Waals surface area contributed by atoms with Crippen LogP contribution in [-0.2, 0) is 8.85 Å². The van der Waals surface area contributed by atoms with E-state index < -0.39 is 8.56 Å². The maximum absolute atomic E-state index is 6.03. The Hall–Kier alpha value is -0.123. The Morgan fingerprint density at radius 3 is 2.41 bits per heavy atom. The van der Waals surface area contributed by atoms with Gasteiger partial charge in [0.25, 0.3) is 0 Å². The summed E-state index contributed by atoms with van der Waals surface area (Å²) in [6.07, 6.45) is 7.47. The molecule has 0 saturated heterocycles. The molecule has 3 heteroatoms. The molecule has 0 aliphatic heterocycles. The molecule has 2 nitrogen and oxygen atoms in total. The molecule has 0 N–H and O–H groups in total. The third-order valence-corrected chi connectivity index (χ3v) is 5.28. The lowest BCUT2D eigenvalue weighted by molar-refractivity contribution is 0.127. The van der Waals surface area contributed by atoms with Gasteiger partial charge in [-0.25, -0.2) is 0 Å². The Morgan fingerprint density at radius 2 is 1.88 bits per heavy atom. The highest BCUT2D eigenvalue weighted by atomic mass is 28.4. The molecule has 0 amide bonds. The summed E-state index contributed by atoms with van der Waals surface area (Å²) in [5, 5.41) is 0. The van der Waals surface area contributed by atoms with Gasteiger partial charge in [-0.2, -0.15) is 0 Å². The minimum Gasteiger partial charge on any atom is -0.391 e. The molecule has 0 aliphatic rings. The van der Waals surface area contributed by atoms with Gasteiger partial charge in [-0.05, 0) is 32.0 Å². The third kappa shape index (κ3) is 8.58. The highest BCUT2D eigenvalue weighted by Gasteiger charge is 2.29. The molecule has 0 spiro atoms. The summed E-state index contributed by atoms with van der Waals surface area (Å²) in [6, 6.07) is 0. The molecular formula is C14H30O2Si. The molecule has 2 unspecified atom stereocenters. The molecule has 0 rings (SSSR count). The largest absolute Gasteiger partial charge is 0.391 e. The zero-order chi connectivity index (χ0) is 13.1. The zero-order valence-corrected chi connectivity index (χ0v) is 13.1. The van der Waals surface area contributed by atoms with Crippen LogP contribution in [0.3, 0.4) is 0 Å². The van der Waals surface area contributed by atoms with Gasteiger partial charge in [-0.1, -0.05) is 39.5 Å². The first-order valence-corrected chi connectivity index (χ1v) is 9.42. The van der Waals surface area contributed by atoms with E-state index in [2.05, 4.69) is 33.9 Å². The molecule has 0 aliphatic carbocycles. The second-order valence-corrected chi connectivity index (χ2v) is 7.81. The summed E-state index contributed by atoms with van der Waals surface area (Å²) >= 11 is 0. The molecule has 0 aromatic carbocycles. The Bertz CT molecular complexity index is 197. The average Bonchev–Trinajstić information content (AvgIpc) is 2.29. The summed E-state index contributed by atoms with van der Waals surface area (Å²) in [4.78, 5) is 0. The molecule has 2 atom stereocenters. The van der Waals surface area contributed by atoms with Crippen molar-refractivity contribution >= 4 is 8.56 Å². The smallest absolute Gasteiger partial charge is 0.361 e. The van der Waals surface area contributed by atoms with E-state index in [4.69, 9.17) is 8.85 Å². The van der Waals surface area contributed by atoms with Crippen LogP contribution < -0.4 is 0 Å². The van der Waals surface area contributed by atoms with E-state index in [0.29, 0.717) is 0 Å². The maximum Gasteiger partial charge on any atom is 0.361 e. The van der Waals surface area contributed by atoms with Gasteiger partial charge >= 0.3 is 8.56 Å². The van der Waals surface area contributed by atoms with Crippen molar-refractivity contribution in [3.63, 3.8) is 0 Å². The highest BCUT2D eigenvalue weighted by Crippen LogP contribution is 2.15. The fraction of sp³-hybridized carbons (Fsp3) is 0.857. The number of hydrogen-bond donors (Lipinski definition) is 0. The molecule has 102 valence electrons. The van der Waals surface area contributed by atoms with Crippen molar-refractivity contribution in [1.82, 2.24) is 0 Å². The number of rotatable bonds is 11. The van der Waals surface area contributed by atoms with Crippen molar-refractivity contribution in [2.75, 3.05) is 6.61 Å². The van der Waals surface area contributed by atoms with Crippen molar-refractivity contribution in [2.24, 2.45) is 0 Å². The molecule has 17 heavy (non-hydrogen) atoms. The first-order valence-electron chi connectivity index (χ1n) is 7.03. The number of hydrogen-bond acceptors (Lipinski definition) is 2. The second kappa shape index (κ2) is 9.86. The van der Waals surface area contributed by atoms with Crippen LogP contribution in [0.1, 0.15) is 59.3 Å². The Labute approximate surface area is 109 Å². The van der Waals surface area contributed by atoms with Gasteiger partial charge in [-0.15, -0.1) is 6.58 Å². The van der Waals surface area contributed by atoms with Crippen LogP contribution in [0.2, 0.25) is 6.55 Å². The van der Waals surface area contributed by atoms with Crippen LogP contribution in [0.25, 0.3) is 0 Å². The van der Waals surface area contributed by atoms with Crippen molar-refractivity contribution in [1.29, 1.82) is 0 Å². The fourth-order valence-electron chi connectivity index (χ4n) is 1.81. The van der Waals surface area contributed by atoms with Crippen LogP contribution in [-0.4, -0.2) is 21.3 Å². The van der Waals surface area contributed by atoms with E-state index in [0.717, 1.165) is 25.9 Å². The van der Waals surface area contributed by atoms with Crippen LogP contribution >= 0.6 is 0 Å². The van der Waals surface area contributed by atoms with Gasteiger partial charge in [0, 0.05) is 12.7 Å². The van der Waals surface area contributed by atoms with E-state index >= 15 is 0 Å². The van der Waals surface area contributed by atoms with Gasteiger partial charge in [-0.3, -0.25) is 0 Å². The van der Waals surface area contributed by atoms with Crippen LogP contribution in [0.15, 0.2) is 12.3 Å². The van der Waals surface area contributed by atoms with Crippen molar-refractivity contribution in [2.45, 2.75) is 71.9 Å². The minimum atomic E-state index is -2.12. The van der Waals surface area contributed by atoms with Crippen LogP contribution in [0, 0.1) is 0 Å². The van der Waals surface area contributed by atoms with E-state index in [-0.39, 0.29) is 6.10 Å². The highest BCUT2D eigenvalue weighted by molar-refractivity contribution is 6.71. The first-order chi connectivity index (χ1) is 8.08. The van der Waals surface area contributed by atoms with E-state index in [9.17, 15) is 0 Å². The van der Waals surface area contributed by atoms with E-state index in [1.165, 1.54) is 19.3 Å². The van der Waals surface area contributed by atoms with E-state index in [1.54, 1.807) is 0 Å². The van der Waals surface area contributed by atoms with Gasteiger partial charge < -0.3 is 8.85 Å². The maximum atomic E-state index is 6.03. The van der Waals surface area contributed by atoms with Gasteiger partial charge in [0.2, 0.25) is 0 Å². The Balaban J connectivity index is 3.88. The Morgan fingerprint density at radius 1 is 1.18 bits per heavy atom. The van der Waals surface area contributed by atoms with Crippen LogP contribution in [0.5, 0.6) is 0 Å². The SMILES string of the molecule is C=C[Si](C)(OCCCCCC)OC(C)CCC. The molecule has 0 aromatic rings. The van der Waals surface area contributed by atoms with Crippen molar-refractivity contribution < 1.29 is 8.85 Å². The Kier molecular flexibility index (Phi) is 9.79. The molecule has 0 aromatic heterocycles. The van der Waals surface area contributed by atoms with Crippen molar-refractivity contribution in [3.8, 4) is 0 Å². The first kappa shape index (κ1) is 16.9. The summed E-state index contributed by atoms with van der Waals surface area (Å²) in [5.41, 5.74) is 1.90. The molecule has 0 saturated carbocycles. The van der Waals surface area contributed by atoms with E-state index in [1.807, 2.05) is 5.70 Å². The summed E-state index contributed by atoms with van der Waals surface area (Å²) in [7, 11) is -2.12. The summed E-state index contributed by atoms with van der Waals surface area (Å²) in [5.74, 6) is 0. The zero-order valence-electron chi connectivity index (χ0n) is 12.1. The average molecular weight is 258 g/mol. The lowest BCUT2D eigenvalue weighted by Gasteiger charge is -2.27. The van der Waals surface area contributed by atoms with Crippen LogP contribution in [0.4, 0.5) is 0 Å². The predicted octanol–water partition coefficient (Wildman–Crippen LogP) is 4.59. The molecule has 0 radical (unpaired) electrons. The van der Waals surface area contributed by atoms with Gasteiger partial charge in [0.05, 0.1) is 0 Å². The topological polar surface area (TPSA) is 18.5 Å².